The van der Waals surface area contributed by atoms with Crippen LogP contribution in [0.5, 0.6) is 0 Å². The lowest BCUT2D eigenvalue weighted by Gasteiger charge is -2.39. The zero-order chi connectivity index (χ0) is 32.5. The number of rotatable bonds is 10. The molecule has 8 nitrogen and oxygen atoms in total. The maximum Gasteiger partial charge on any atom is 0.317 e. The van der Waals surface area contributed by atoms with Gasteiger partial charge in [-0.1, -0.05) is 63.2 Å². The van der Waals surface area contributed by atoms with Crippen molar-refractivity contribution in [2.24, 2.45) is 5.41 Å². The standard InChI is InChI=1S/C33H31ClF3N5O3/c1-33(2,3)27(40(32(34)45)16-15-22(18-35)42-30(43)23-11-7-8-12-24(23)31(42)44)29-38-28(25-17-21(36)13-14-26(25)37)39-41(29)19-20-9-5-4-6-10-20/h4-14,17,22,27H,15-16,18-19H2,1-3H3/t22-,27-/m0/s1. The van der Waals surface area contributed by atoms with Gasteiger partial charge in [-0.25, -0.2) is 22.8 Å². The molecule has 1 aliphatic heterocycles. The van der Waals surface area contributed by atoms with Crippen LogP contribution in [0.4, 0.5) is 18.0 Å². The molecule has 1 aromatic heterocycles. The molecule has 3 amide bonds. The van der Waals surface area contributed by atoms with Crippen molar-refractivity contribution in [3.05, 3.63) is 107 Å². The van der Waals surface area contributed by atoms with E-state index >= 15 is 0 Å². The Hall–Kier alpha value is -4.51. The van der Waals surface area contributed by atoms with Crippen LogP contribution in [0.15, 0.2) is 72.8 Å². The second-order valence-electron chi connectivity index (χ2n) is 11.9. The molecule has 0 saturated carbocycles. The van der Waals surface area contributed by atoms with E-state index in [9.17, 15) is 27.6 Å². The van der Waals surface area contributed by atoms with E-state index in [1.807, 2.05) is 51.1 Å². The SMILES string of the molecule is CC(C)(C)[C@H](c1nc(-c2cc(F)ccc2F)nn1Cc1ccccc1)N(CC[C@@H](CF)N1C(=O)c2ccccc2C1=O)C(=O)Cl. The number of alkyl halides is 1. The van der Waals surface area contributed by atoms with Crippen molar-refractivity contribution in [3.63, 3.8) is 0 Å². The lowest BCUT2D eigenvalue weighted by atomic mass is 9.84. The quantitative estimate of drug-likeness (QED) is 0.106. The van der Waals surface area contributed by atoms with Gasteiger partial charge >= 0.3 is 5.37 Å². The molecule has 234 valence electrons. The van der Waals surface area contributed by atoms with Crippen LogP contribution in [0.25, 0.3) is 11.4 Å². The van der Waals surface area contributed by atoms with Crippen molar-refractivity contribution >= 4 is 28.8 Å². The second kappa shape index (κ2) is 12.8. The van der Waals surface area contributed by atoms with Gasteiger partial charge in [0.25, 0.3) is 11.8 Å². The van der Waals surface area contributed by atoms with E-state index < -0.39 is 53.0 Å². The number of carbonyl (C=O) groups excluding carboxylic acids is 3. The predicted octanol–water partition coefficient (Wildman–Crippen LogP) is 7.04. The van der Waals surface area contributed by atoms with Crippen molar-refractivity contribution in [2.45, 2.75) is 45.8 Å². The Morgan fingerprint density at radius 3 is 2.13 bits per heavy atom. The molecule has 2 heterocycles. The number of carbonyl (C=O) groups is 3. The fraction of sp³-hybridized carbons (Fsp3) is 0.303. The lowest BCUT2D eigenvalue weighted by molar-refractivity contribution is 0.0524. The van der Waals surface area contributed by atoms with E-state index in [1.54, 1.807) is 12.1 Å². The van der Waals surface area contributed by atoms with E-state index in [0.29, 0.717) is 0 Å². The molecule has 0 aliphatic carbocycles. The summed E-state index contributed by atoms with van der Waals surface area (Å²) in [5.74, 6) is -2.50. The zero-order valence-electron chi connectivity index (χ0n) is 24.9. The number of amides is 3. The molecule has 5 rings (SSSR count). The average Bonchev–Trinajstić information content (AvgIpc) is 3.51. The van der Waals surface area contributed by atoms with Crippen LogP contribution < -0.4 is 0 Å². The molecule has 0 unspecified atom stereocenters. The first-order chi connectivity index (χ1) is 21.4. The van der Waals surface area contributed by atoms with Crippen molar-refractivity contribution in [1.82, 2.24) is 24.6 Å². The Kier molecular flexibility index (Phi) is 9.11. The van der Waals surface area contributed by atoms with Crippen LogP contribution in [0.2, 0.25) is 0 Å². The second-order valence-corrected chi connectivity index (χ2v) is 12.2. The molecule has 0 fully saturated rings. The molecule has 2 atom stereocenters. The molecule has 45 heavy (non-hydrogen) atoms. The van der Waals surface area contributed by atoms with E-state index in [0.717, 1.165) is 28.7 Å². The summed E-state index contributed by atoms with van der Waals surface area (Å²) in [6.45, 7) is 4.50. The molecule has 12 heteroatoms. The molecule has 0 saturated heterocycles. The van der Waals surface area contributed by atoms with Crippen LogP contribution in [0.1, 0.15) is 65.3 Å². The smallest absolute Gasteiger partial charge is 0.317 e. The molecule has 1 aliphatic rings. The summed E-state index contributed by atoms with van der Waals surface area (Å²) in [6, 6.07) is 16.4. The third-order valence-corrected chi connectivity index (χ3v) is 7.94. The number of imide groups is 1. The van der Waals surface area contributed by atoms with Gasteiger partial charge in [0.05, 0.1) is 35.3 Å². The Morgan fingerprint density at radius 2 is 1.56 bits per heavy atom. The monoisotopic (exact) mass is 637 g/mol. The number of fused-ring (bicyclic) bond motifs is 1. The Morgan fingerprint density at radius 1 is 0.933 bits per heavy atom. The molecule has 0 spiro atoms. The number of aromatic nitrogens is 3. The average molecular weight is 638 g/mol. The number of halogens is 4. The fourth-order valence-electron chi connectivity index (χ4n) is 5.63. The third-order valence-electron chi connectivity index (χ3n) is 7.72. The maximum atomic E-state index is 14.9. The molecular weight excluding hydrogens is 607 g/mol. The van der Waals surface area contributed by atoms with Gasteiger partial charge in [-0.2, -0.15) is 5.10 Å². The summed E-state index contributed by atoms with van der Waals surface area (Å²) in [5, 5.41) is 3.64. The summed E-state index contributed by atoms with van der Waals surface area (Å²) < 4.78 is 45.0. The number of hydrogen-bond donors (Lipinski definition) is 0. The van der Waals surface area contributed by atoms with Gasteiger partial charge < -0.3 is 4.90 Å². The topological polar surface area (TPSA) is 88.4 Å². The highest BCUT2D eigenvalue weighted by Crippen LogP contribution is 2.40. The van der Waals surface area contributed by atoms with Crippen LogP contribution in [-0.2, 0) is 6.54 Å². The highest BCUT2D eigenvalue weighted by atomic mass is 35.5. The molecular formula is C33H31ClF3N5O3. The largest absolute Gasteiger partial charge is 0.318 e. The van der Waals surface area contributed by atoms with Crippen molar-refractivity contribution in [2.75, 3.05) is 13.2 Å². The van der Waals surface area contributed by atoms with Gasteiger partial charge in [0.15, 0.2) is 11.6 Å². The Bertz CT molecular complexity index is 1710. The first kappa shape index (κ1) is 31.9. The first-order valence-corrected chi connectivity index (χ1v) is 14.7. The number of benzene rings is 3. The summed E-state index contributed by atoms with van der Waals surface area (Å²) >= 11 is 6.17. The summed E-state index contributed by atoms with van der Waals surface area (Å²) in [4.78, 5) is 46.0. The molecule has 0 bridgehead atoms. The van der Waals surface area contributed by atoms with Crippen LogP contribution in [0.3, 0.4) is 0 Å². The van der Waals surface area contributed by atoms with Gasteiger partial charge in [0, 0.05) is 6.54 Å². The summed E-state index contributed by atoms with van der Waals surface area (Å²) in [7, 11) is 0. The molecule has 4 aromatic rings. The lowest BCUT2D eigenvalue weighted by Crippen LogP contribution is -2.46. The fourth-order valence-corrected chi connectivity index (χ4v) is 5.81. The minimum Gasteiger partial charge on any atom is -0.318 e. The van der Waals surface area contributed by atoms with Gasteiger partial charge in [-0.3, -0.25) is 19.3 Å². The van der Waals surface area contributed by atoms with Crippen LogP contribution in [-0.4, -0.2) is 61.0 Å². The summed E-state index contributed by atoms with van der Waals surface area (Å²) in [5.41, 5.74) is 0.275. The van der Waals surface area contributed by atoms with Gasteiger partial charge in [0.1, 0.15) is 18.3 Å². The highest BCUT2D eigenvalue weighted by Gasteiger charge is 2.42. The van der Waals surface area contributed by atoms with Gasteiger partial charge in [0.2, 0.25) is 0 Å². The van der Waals surface area contributed by atoms with E-state index in [1.165, 1.54) is 21.7 Å². The van der Waals surface area contributed by atoms with Crippen molar-refractivity contribution < 1.29 is 27.6 Å². The highest BCUT2D eigenvalue weighted by molar-refractivity contribution is 6.62. The third kappa shape index (κ3) is 6.49. The van der Waals surface area contributed by atoms with Crippen molar-refractivity contribution in [3.8, 4) is 11.4 Å². The van der Waals surface area contributed by atoms with Crippen molar-refractivity contribution in [1.29, 1.82) is 0 Å². The minimum absolute atomic E-state index is 0.0955. The molecule has 0 radical (unpaired) electrons. The minimum atomic E-state index is -1.17. The first-order valence-electron chi connectivity index (χ1n) is 14.3. The van der Waals surface area contributed by atoms with Gasteiger partial charge in [-0.15, -0.1) is 0 Å². The Labute approximate surface area is 263 Å². The summed E-state index contributed by atoms with van der Waals surface area (Å²) in [6.07, 6.45) is -0.120. The maximum absolute atomic E-state index is 14.9. The number of nitrogens with zero attached hydrogens (tertiary/aromatic N) is 5. The van der Waals surface area contributed by atoms with E-state index in [-0.39, 0.29) is 47.8 Å². The molecule has 3 aromatic carbocycles. The van der Waals surface area contributed by atoms with Crippen LogP contribution in [0, 0.1) is 17.0 Å². The van der Waals surface area contributed by atoms with E-state index in [4.69, 9.17) is 11.6 Å². The van der Waals surface area contributed by atoms with E-state index in [2.05, 4.69) is 10.1 Å². The normalized spacial score (nSPS) is 14.4. The van der Waals surface area contributed by atoms with Crippen LogP contribution >= 0.6 is 11.6 Å². The number of hydrogen-bond acceptors (Lipinski definition) is 5. The van der Waals surface area contributed by atoms with Gasteiger partial charge in [-0.05, 0) is 59.3 Å². The molecule has 0 N–H and O–H groups in total. The predicted molar refractivity (Wildman–Crippen MR) is 162 cm³/mol. The zero-order valence-corrected chi connectivity index (χ0v) is 25.6. The Balaban J connectivity index is 1.53.